The fraction of sp³-hybridized carbons (Fsp3) is 0.455. The van der Waals surface area contributed by atoms with Crippen molar-refractivity contribution in [2.75, 3.05) is 39.3 Å². The number of benzene rings is 6. The van der Waals surface area contributed by atoms with Crippen molar-refractivity contribution in [1.29, 1.82) is 0 Å². The predicted molar refractivity (Wildman–Crippen MR) is 449 cm³/mol. The quantitative estimate of drug-likeness (QED) is 0.0418. The molecule has 0 radical (unpaired) electrons. The van der Waals surface area contributed by atoms with Crippen LogP contribution in [0.4, 0.5) is 13.2 Å². The molecule has 3 aliphatic heterocycles. The van der Waals surface area contributed by atoms with E-state index >= 15 is 0 Å². The van der Waals surface area contributed by atoms with Crippen molar-refractivity contribution in [2.24, 2.45) is 35.5 Å². The number of ether oxygens (including phenoxy) is 3. The number of hydrogen-bond acceptors (Lipinski definition) is 14. The monoisotopic (exact) mass is 1630 g/mol. The van der Waals surface area contributed by atoms with Crippen molar-refractivity contribution in [1.82, 2.24) is 29.7 Å². The molecule has 6 aromatic carbocycles. The molecule has 6 aliphatic rings. The van der Waals surface area contributed by atoms with Gasteiger partial charge in [-0.2, -0.15) is 0 Å². The van der Waals surface area contributed by atoms with Crippen LogP contribution in [0.1, 0.15) is 240 Å². The van der Waals surface area contributed by atoms with Crippen LogP contribution in [0.2, 0.25) is 0 Å². The number of aliphatic carboxylic acids is 3. The van der Waals surface area contributed by atoms with Crippen LogP contribution in [0.3, 0.4) is 0 Å². The van der Waals surface area contributed by atoms with E-state index in [1.165, 1.54) is 24.2 Å². The molecule has 20 heteroatoms. The maximum atomic E-state index is 14.9. The molecular weight excluding hydrogens is 1520 g/mol. The van der Waals surface area contributed by atoms with Crippen LogP contribution in [-0.2, 0) is 53.3 Å². The van der Waals surface area contributed by atoms with E-state index in [0.29, 0.717) is 47.5 Å². The Kier molecular flexibility index (Phi) is 32.0. The number of carbonyl (C=O) groups excluding carboxylic acids is 2. The van der Waals surface area contributed by atoms with Crippen molar-refractivity contribution >= 4 is 17.9 Å². The van der Waals surface area contributed by atoms with Gasteiger partial charge in [-0.15, -0.1) is 0 Å². The largest absolute Gasteiger partial charge is 1.00 e. The molecule has 3 unspecified atom stereocenters. The zero-order chi connectivity index (χ0) is 83.0. The Morgan fingerprint density at radius 2 is 0.664 bits per heavy atom. The maximum Gasteiger partial charge on any atom is 1.00 e. The van der Waals surface area contributed by atoms with Crippen LogP contribution in [-0.4, -0.2) is 91.9 Å². The summed E-state index contributed by atoms with van der Waals surface area (Å²) in [4.78, 5) is 54.6. The first-order valence-corrected chi connectivity index (χ1v) is 42.8. The second-order valence-corrected chi connectivity index (χ2v) is 33.5. The van der Waals surface area contributed by atoms with E-state index in [2.05, 4.69) is 162 Å². The van der Waals surface area contributed by atoms with Gasteiger partial charge in [0.2, 0.25) is 0 Å². The van der Waals surface area contributed by atoms with Crippen molar-refractivity contribution in [3.8, 4) is 50.6 Å². The number of fused-ring (bicyclic) bond motifs is 3. The normalized spacial score (nSPS) is 18.1. The van der Waals surface area contributed by atoms with Crippen LogP contribution in [0.15, 0.2) is 146 Å². The first kappa shape index (κ1) is 92.0. The molecule has 1 N–H and O–H groups in total. The first-order valence-electron chi connectivity index (χ1n) is 42.8. The third kappa shape index (κ3) is 22.2. The topological polar surface area (TPSA) is 194 Å². The number of aromatic nitrogens is 3. The minimum absolute atomic E-state index is 0. The number of halogens is 3. The number of pyridine rings is 3. The number of nitrogens with zero attached hydrogens (tertiary/aromatic N) is 6. The second-order valence-electron chi connectivity index (χ2n) is 33.5. The summed E-state index contributed by atoms with van der Waals surface area (Å²) in [6.45, 7) is 31.4. The second kappa shape index (κ2) is 41.4. The van der Waals surface area contributed by atoms with Gasteiger partial charge in [-0.3, -0.25) is 34.4 Å². The van der Waals surface area contributed by atoms with Crippen LogP contribution >= 0.6 is 0 Å². The maximum absolute atomic E-state index is 14.9. The molecule has 0 spiro atoms. The molecule has 0 bridgehead atoms. The number of carbonyl (C=O) groups is 3. The fourth-order valence-electron chi connectivity index (χ4n) is 18.1. The summed E-state index contributed by atoms with van der Waals surface area (Å²) >= 11 is 0. The molecule has 9 atom stereocenters. The molecule has 3 fully saturated rings. The Labute approximate surface area is 746 Å². The van der Waals surface area contributed by atoms with Crippen LogP contribution in [0, 0.1) is 73.7 Å². The molecule has 3 saturated carbocycles. The van der Waals surface area contributed by atoms with Crippen molar-refractivity contribution in [3.63, 3.8) is 0 Å². The third-order valence-electron chi connectivity index (χ3n) is 25.6. The average molecular weight is 1640 g/mol. The van der Waals surface area contributed by atoms with Gasteiger partial charge in [0, 0.05) is 77.2 Å². The van der Waals surface area contributed by atoms with E-state index < -0.39 is 35.7 Å². The number of carboxylic acids is 3. The zero-order valence-electron chi connectivity index (χ0n) is 72.2. The van der Waals surface area contributed by atoms with E-state index in [-0.39, 0.29) is 113 Å². The molecule has 9 aromatic rings. The van der Waals surface area contributed by atoms with E-state index in [9.17, 15) is 42.9 Å². The van der Waals surface area contributed by atoms with Crippen LogP contribution < -0.4 is 83.5 Å². The molecule has 0 amide bonds. The Bertz CT molecular complexity index is 4550. The first-order chi connectivity index (χ1) is 56.3. The third-order valence-corrected chi connectivity index (χ3v) is 25.6. The van der Waals surface area contributed by atoms with E-state index in [0.717, 1.165) is 235 Å². The van der Waals surface area contributed by atoms with Crippen LogP contribution in [0.5, 0.6) is 17.2 Å². The molecule has 3 aliphatic carbocycles. The van der Waals surface area contributed by atoms with E-state index in [1.54, 1.807) is 13.8 Å². The van der Waals surface area contributed by atoms with Gasteiger partial charge in [-0.05, 0) is 292 Å². The van der Waals surface area contributed by atoms with Crippen molar-refractivity contribution in [2.45, 2.75) is 216 Å². The number of aryl methyl sites for hydroxylation is 6. The minimum Gasteiger partial charge on any atom is -0.550 e. The Morgan fingerprint density at radius 1 is 0.395 bits per heavy atom. The van der Waals surface area contributed by atoms with E-state index in [4.69, 9.17) is 14.2 Å². The zero-order valence-corrected chi connectivity index (χ0v) is 76.2. The van der Waals surface area contributed by atoms with Gasteiger partial charge in [0.25, 0.3) is 0 Å². The van der Waals surface area contributed by atoms with Gasteiger partial charge < -0.3 is 39.1 Å². The summed E-state index contributed by atoms with van der Waals surface area (Å²) in [6, 6.07) is 43.0. The molecular formula is C99H115F3N6Na2O9. The molecule has 15 nitrogen and oxygen atoms in total. The average Bonchev–Trinajstić information content (AvgIpc) is 1.36. The Hall–Kier alpha value is -7.75. The molecule has 6 heterocycles. The summed E-state index contributed by atoms with van der Waals surface area (Å²) in [5.41, 5.74) is 19.8. The fourth-order valence-corrected chi connectivity index (χ4v) is 18.1. The number of rotatable bonds is 30. The summed E-state index contributed by atoms with van der Waals surface area (Å²) in [6.07, 6.45) is 15.2. The Morgan fingerprint density at radius 3 is 0.908 bits per heavy atom. The van der Waals surface area contributed by atoms with Crippen molar-refractivity contribution < 1.29 is 116 Å². The smallest absolute Gasteiger partial charge is 0.550 e. The standard InChI is InChI=1S/3C33H39FN2O3.2Na/c3*1-5-36(6-2)19-26-16-24(11-13-27(26)28-15-20(3)35-18-29(28)34)30-14-12-22-7-10-25(17-31(22)39-30)32(23-8-9-23)21(4)33(37)38;;/h3*7,10-11,13,15-18,21,23,30,32H,5-6,8-9,12,14,19H2,1-4H3,(H,37,38);;/q;;;2*+1/p-2/t3*21-,30?,32-;;/m000../s1. The predicted octanol–water partition coefficient (Wildman–Crippen LogP) is 13.3. The molecule has 15 rings (SSSR count). The minimum atomic E-state index is -0.995. The van der Waals surface area contributed by atoms with Gasteiger partial charge in [0.15, 0.2) is 0 Å². The summed E-state index contributed by atoms with van der Waals surface area (Å²) in [5, 5.41) is 33.2. The number of hydrogen-bond donors (Lipinski definition) is 1. The Balaban J connectivity index is 0.000000173. The van der Waals surface area contributed by atoms with Gasteiger partial charge >= 0.3 is 65.1 Å². The molecule has 0 saturated heterocycles. The van der Waals surface area contributed by atoms with E-state index in [1.807, 2.05) is 64.1 Å². The van der Waals surface area contributed by atoms with Gasteiger partial charge in [-0.25, -0.2) is 13.2 Å². The van der Waals surface area contributed by atoms with Gasteiger partial charge in [-0.1, -0.05) is 153 Å². The SMILES string of the molecule is CCN(CC)Cc1cc(C2CCc3ccc([C@H](C4CC4)[C@H](C)C(=O)O)cc3O2)ccc1-c1cc(C)ncc1F.CCN(CC)Cc1cc(C2CCc3ccc([C@H](C4CC4)[C@H](C)C(=O)[O-])cc3O2)ccc1-c1cc(C)ncc1F.CCN(CC)Cc1cc(C2CCc3ccc([C@H](C4CC4)[C@H](C)C(=O)[O-])cc3O2)ccc1-c1cc(C)ncc1F.[Na+].[Na+]. The summed E-state index contributed by atoms with van der Waals surface area (Å²) in [5.74, 6) is -1.54. The van der Waals surface area contributed by atoms with Crippen LogP contribution in [0.25, 0.3) is 33.4 Å². The molecule has 618 valence electrons. The van der Waals surface area contributed by atoms with Gasteiger partial charge in [0.1, 0.15) is 53.0 Å². The summed E-state index contributed by atoms with van der Waals surface area (Å²) in [7, 11) is 0. The van der Waals surface area contributed by atoms with Gasteiger partial charge in [0.05, 0.1) is 24.5 Å². The summed E-state index contributed by atoms with van der Waals surface area (Å²) < 4.78 is 64.4. The van der Waals surface area contributed by atoms with Crippen molar-refractivity contribution in [3.05, 3.63) is 247 Å². The number of carboxylic acid groups (broad SMARTS) is 3. The molecule has 119 heavy (non-hydrogen) atoms. The molecule has 3 aromatic heterocycles.